The third-order valence-electron chi connectivity index (χ3n) is 1.43. The normalized spacial score (nSPS) is 9.62. The van der Waals surface area contributed by atoms with Crippen LogP contribution in [-0.2, 0) is 9.59 Å². The molecule has 0 atom stereocenters. The quantitative estimate of drug-likeness (QED) is 0.483. The monoisotopic (exact) mass is 207 g/mol. The second kappa shape index (κ2) is 7.86. The number of nitrogens with one attached hydrogen (secondary N) is 1. The van der Waals surface area contributed by atoms with Crippen molar-refractivity contribution in [3.8, 4) is 0 Å². The summed E-state index contributed by atoms with van der Waals surface area (Å²) in [4.78, 5) is 21.0. The molecule has 0 rings (SSSR count). The van der Waals surface area contributed by atoms with E-state index in [0.717, 1.165) is 0 Å². The number of carboxylic acid groups (broad SMARTS) is 1. The summed E-state index contributed by atoms with van der Waals surface area (Å²) >= 11 is 5.39. The number of carboxylic acids is 1. The van der Waals surface area contributed by atoms with Gasteiger partial charge in [-0.2, -0.15) is 0 Å². The predicted molar refractivity (Wildman–Crippen MR) is 49.8 cm³/mol. The summed E-state index contributed by atoms with van der Waals surface area (Å²) in [5.41, 5.74) is 0. The number of halogens is 1. The number of carbonyl (C=O) groups is 2. The summed E-state index contributed by atoms with van der Waals surface area (Å²) in [6.07, 6.45) is 1.64. The van der Waals surface area contributed by atoms with Crippen LogP contribution in [0.2, 0.25) is 0 Å². The molecule has 0 fully saturated rings. The summed E-state index contributed by atoms with van der Waals surface area (Å²) in [5, 5.41) is 10.9. The molecule has 0 saturated heterocycles. The fourth-order valence-electron chi connectivity index (χ4n) is 0.783. The fourth-order valence-corrected chi connectivity index (χ4v) is 0.917. The van der Waals surface area contributed by atoms with Crippen LogP contribution in [0.1, 0.15) is 25.7 Å². The van der Waals surface area contributed by atoms with Gasteiger partial charge >= 0.3 is 5.97 Å². The molecule has 0 saturated carbocycles. The minimum absolute atomic E-state index is 0.0639. The standard InChI is InChI=1S/C8H14ClNO3/c9-5-1-3-7(11)10-6-2-4-8(12)13/h1-6H2,(H,10,11)(H,12,13). The molecule has 0 aliphatic rings. The molecule has 0 radical (unpaired) electrons. The lowest BCUT2D eigenvalue weighted by Gasteiger charge is -2.02. The molecule has 0 bridgehead atoms. The first kappa shape index (κ1) is 12.2. The molecular formula is C8H14ClNO3. The first-order chi connectivity index (χ1) is 6.16. The Morgan fingerprint density at radius 2 is 1.92 bits per heavy atom. The summed E-state index contributed by atoms with van der Waals surface area (Å²) in [5.74, 6) is -0.427. The fraction of sp³-hybridized carbons (Fsp3) is 0.750. The van der Waals surface area contributed by atoms with Gasteiger partial charge in [0.05, 0.1) is 0 Å². The van der Waals surface area contributed by atoms with Crippen LogP contribution in [0.25, 0.3) is 0 Å². The maximum absolute atomic E-state index is 10.9. The first-order valence-electron chi connectivity index (χ1n) is 4.21. The van der Waals surface area contributed by atoms with Gasteiger partial charge in [0.2, 0.25) is 5.91 Å². The highest BCUT2D eigenvalue weighted by Gasteiger charge is 2.00. The number of rotatable bonds is 7. The lowest BCUT2D eigenvalue weighted by Crippen LogP contribution is -2.24. The van der Waals surface area contributed by atoms with E-state index in [9.17, 15) is 9.59 Å². The maximum atomic E-state index is 10.9. The van der Waals surface area contributed by atoms with Crippen molar-refractivity contribution in [3.05, 3.63) is 0 Å². The number of carbonyl (C=O) groups excluding carboxylic acids is 1. The van der Waals surface area contributed by atoms with Crippen LogP contribution in [0.5, 0.6) is 0 Å². The minimum Gasteiger partial charge on any atom is -0.481 e. The van der Waals surface area contributed by atoms with Crippen molar-refractivity contribution in [1.82, 2.24) is 5.32 Å². The number of amides is 1. The van der Waals surface area contributed by atoms with Crippen molar-refractivity contribution >= 4 is 23.5 Å². The van der Waals surface area contributed by atoms with Crippen molar-refractivity contribution < 1.29 is 14.7 Å². The summed E-state index contributed by atoms with van der Waals surface area (Å²) in [7, 11) is 0. The van der Waals surface area contributed by atoms with Gasteiger partial charge in [-0.05, 0) is 12.8 Å². The molecule has 13 heavy (non-hydrogen) atoms. The minimum atomic E-state index is -0.838. The van der Waals surface area contributed by atoms with Gasteiger partial charge in [-0.25, -0.2) is 0 Å². The predicted octanol–water partition coefficient (Wildman–Crippen LogP) is 0.986. The topological polar surface area (TPSA) is 66.4 Å². The molecular weight excluding hydrogens is 194 g/mol. The number of hydrogen-bond donors (Lipinski definition) is 2. The van der Waals surface area contributed by atoms with Crippen molar-refractivity contribution in [2.45, 2.75) is 25.7 Å². The van der Waals surface area contributed by atoms with Crippen LogP contribution in [0.4, 0.5) is 0 Å². The van der Waals surface area contributed by atoms with E-state index in [2.05, 4.69) is 5.32 Å². The molecule has 2 N–H and O–H groups in total. The van der Waals surface area contributed by atoms with Crippen LogP contribution >= 0.6 is 11.6 Å². The summed E-state index contributed by atoms with van der Waals surface area (Å²) in [6, 6.07) is 0. The average molecular weight is 208 g/mol. The van der Waals surface area contributed by atoms with E-state index in [1.165, 1.54) is 0 Å². The molecule has 0 aromatic rings. The van der Waals surface area contributed by atoms with Crippen molar-refractivity contribution in [1.29, 1.82) is 0 Å². The Hall–Kier alpha value is -0.770. The molecule has 1 amide bonds. The van der Waals surface area contributed by atoms with Crippen molar-refractivity contribution in [2.24, 2.45) is 0 Å². The zero-order valence-corrected chi connectivity index (χ0v) is 8.14. The van der Waals surface area contributed by atoms with Gasteiger partial charge in [0, 0.05) is 25.3 Å². The molecule has 0 aromatic carbocycles. The highest BCUT2D eigenvalue weighted by atomic mass is 35.5. The largest absolute Gasteiger partial charge is 0.481 e. The van der Waals surface area contributed by atoms with Crippen LogP contribution in [0, 0.1) is 0 Å². The Morgan fingerprint density at radius 1 is 1.23 bits per heavy atom. The Bertz CT molecular complexity index is 173. The second-order valence-corrected chi connectivity index (χ2v) is 3.02. The molecule has 76 valence electrons. The number of aliphatic carboxylic acids is 1. The van der Waals surface area contributed by atoms with Gasteiger partial charge in [0.15, 0.2) is 0 Å². The SMILES string of the molecule is O=C(O)CCCNC(=O)CCCCl. The van der Waals surface area contributed by atoms with E-state index < -0.39 is 5.97 Å². The molecule has 5 heteroatoms. The van der Waals surface area contributed by atoms with Gasteiger partial charge in [-0.15, -0.1) is 11.6 Å². The van der Waals surface area contributed by atoms with Crippen molar-refractivity contribution in [3.63, 3.8) is 0 Å². The molecule has 0 aromatic heterocycles. The lowest BCUT2D eigenvalue weighted by atomic mass is 10.3. The number of hydrogen-bond acceptors (Lipinski definition) is 2. The Kier molecular flexibility index (Phi) is 7.39. The molecule has 4 nitrogen and oxygen atoms in total. The van der Waals surface area contributed by atoms with Crippen molar-refractivity contribution in [2.75, 3.05) is 12.4 Å². The maximum Gasteiger partial charge on any atom is 0.303 e. The van der Waals surface area contributed by atoms with Crippen LogP contribution in [-0.4, -0.2) is 29.4 Å². The van der Waals surface area contributed by atoms with Crippen LogP contribution in [0.3, 0.4) is 0 Å². The summed E-state index contributed by atoms with van der Waals surface area (Å²) < 4.78 is 0. The third-order valence-corrected chi connectivity index (χ3v) is 1.69. The smallest absolute Gasteiger partial charge is 0.303 e. The molecule has 0 spiro atoms. The Balaban J connectivity index is 3.22. The first-order valence-corrected chi connectivity index (χ1v) is 4.74. The van der Waals surface area contributed by atoms with E-state index in [-0.39, 0.29) is 12.3 Å². The Morgan fingerprint density at radius 3 is 2.46 bits per heavy atom. The van der Waals surface area contributed by atoms with E-state index in [0.29, 0.717) is 31.7 Å². The van der Waals surface area contributed by atoms with Gasteiger partial charge in [-0.3, -0.25) is 9.59 Å². The molecule has 0 unspecified atom stereocenters. The second-order valence-electron chi connectivity index (χ2n) is 2.64. The third kappa shape index (κ3) is 9.14. The Labute approximate surface area is 82.3 Å². The highest BCUT2D eigenvalue weighted by molar-refractivity contribution is 6.17. The number of alkyl halides is 1. The van der Waals surface area contributed by atoms with E-state index in [1.807, 2.05) is 0 Å². The molecule has 0 aliphatic heterocycles. The lowest BCUT2D eigenvalue weighted by molar-refractivity contribution is -0.137. The summed E-state index contributed by atoms with van der Waals surface area (Å²) in [6.45, 7) is 0.424. The average Bonchev–Trinajstić information content (AvgIpc) is 2.08. The van der Waals surface area contributed by atoms with Gasteiger partial charge in [0.25, 0.3) is 0 Å². The zero-order valence-electron chi connectivity index (χ0n) is 7.38. The van der Waals surface area contributed by atoms with Gasteiger partial charge in [0.1, 0.15) is 0 Å². The molecule has 0 aliphatic carbocycles. The van der Waals surface area contributed by atoms with Crippen LogP contribution < -0.4 is 5.32 Å². The van der Waals surface area contributed by atoms with E-state index in [1.54, 1.807) is 0 Å². The van der Waals surface area contributed by atoms with Gasteiger partial charge in [-0.1, -0.05) is 0 Å². The van der Waals surface area contributed by atoms with E-state index >= 15 is 0 Å². The molecule has 0 heterocycles. The van der Waals surface area contributed by atoms with Crippen LogP contribution in [0.15, 0.2) is 0 Å². The van der Waals surface area contributed by atoms with E-state index in [4.69, 9.17) is 16.7 Å². The van der Waals surface area contributed by atoms with Gasteiger partial charge < -0.3 is 10.4 Å². The highest BCUT2D eigenvalue weighted by Crippen LogP contribution is 1.92. The zero-order chi connectivity index (χ0) is 10.1.